The van der Waals surface area contributed by atoms with E-state index in [-0.39, 0.29) is 0 Å². The van der Waals surface area contributed by atoms with E-state index in [1.165, 1.54) is 31.9 Å². The molecular weight excluding hydrogens is 290 g/mol. The van der Waals surface area contributed by atoms with Crippen LogP contribution in [-0.2, 0) is 4.74 Å². The van der Waals surface area contributed by atoms with Crippen LogP contribution in [0.4, 0.5) is 0 Å². The molecule has 120 valence electrons. The van der Waals surface area contributed by atoms with Gasteiger partial charge in [-0.25, -0.2) is 9.78 Å². The van der Waals surface area contributed by atoms with Gasteiger partial charge in [-0.15, -0.1) is 0 Å². The molecule has 23 heavy (non-hydrogen) atoms. The van der Waals surface area contributed by atoms with E-state index in [0.29, 0.717) is 24.0 Å². The van der Waals surface area contributed by atoms with Gasteiger partial charge < -0.3 is 9.47 Å². The molecule has 1 aliphatic carbocycles. The summed E-state index contributed by atoms with van der Waals surface area (Å²) < 4.78 is 10.4. The summed E-state index contributed by atoms with van der Waals surface area (Å²) in [6.07, 6.45) is 5.58. The summed E-state index contributed by atoms with van der Waals surface area (Å²) in [5.74, 6) is 0.480. The molecule has 4 nitrogen and oxygen atoms in total. The number of carbonyl (C=O) groups excluding carboxylic acids is 1. The van der Waals surface area contributed by atoms with E-state index < -0.39 is 5.97 Å². The lowest BCUT2D eigenvalue weighted by Gasteiger charge is -2.27. The number of aromatic nitrogens is 1. The Morgan fingerprint density at radius 1 is 1.39 bits per heavy atom. The predicted molar refractivity (Wildman–Crippen MR) is 90.9 cm³/mol. The minimum atomic E-state index is -0.415. The molecule has 0 unspecified atom stereocenters. The maximum Gasteiger partial charge on any atom is 0.343 e. The van der Waals surface area contributed by atoms with Crippen LogP contribution in [0, 0.1) is 0 Å². The molecule has 1 fully saturated rings. The number of carbonyl (C=O) groups is 1. The zero-order chi connectivity index (χ0) is 16.4. The van der Waals surface area contributed by atoms with Crippen molar-refractivity contribution in [2.24, 2.45) is 0 Å². The third-order valence-corrected chi connectivity index (χ3v) is 4.44. The Morgan fingerprint density at radius 2 is 2.17 bits per heavy atom. The van der Waals surface area contributed by atoms with E-state index in [1.54, 1.807) is 13.0 Å². The zero-order valence-corrected chi connectivity index (χ0v) is 13.6. The summed E-state index contributed by atoms with van der Waals surface area (Å²) >= 11 is 0. The van der Waals surface area contributed by atoms with E-state index in [4.69, 9.17) is 9.47 Å². The number of pyridine rings is 1. The number of hydrogen-bond acceptors (Lipinski definition) is 4. The van der Waals surface area contributed by atoms with E-state index in [0.717, 1.165) is 16.5 Å². The van der Waals surface area contributed by atoms with Gasteiger partial charge in [0.25, 0.3) is 0 Å². The van der Waals surface area contributed by atoms with Crippen LogP contribution in [0.2, 0.25) is 0 Å². The van der Waals surface area contributed by atoms with E-state index in [1.807, 2.05) is 12.1 Å². The molecule has 1 aromatic heterocycles. The van der Waals surface area contributed by atoms with Gasteiger partial charge >= 0.3 is 5.97 Å². The van der Waals surface area contributed by atoms with Crippen molar-refractivity contribution in [2.75, 3.05) is 13.7 Å². The number of benzene rings is 1. The largest absolute Gasteiger partial charge is 0.480 e. The average Bonchev–Trinajstić information content (AvgIpc) is 2.51. The Labute approximate surface area is 136 Å². The second-order valence-corrected chi connectivity index (χ2v) is 5.77. The molecule has 1 heterocycles. The number of nitrogens with zero attached hydrogens (tertiary/aromatic N) is 1. The van der Waals surface area contributed by atoms with Crippen LogP contribution in [0.25, 0.3) is 17.0 Å². The minimum absolute atomic E-state index is 0.307. The van der Waals surface area contributed by atoms with Gasteiger partial charge in [-0.2, -0.15) is 0 Å². The Bertz CT molecular complexity index is 763. The van der Waals surface area contributed by atoms with Crippen molar-refractivity contribution in [3.63, 3.8) is 0 Å². The van der Waals surface area contributed by atoms with Crippen LogP contribution in [-0.4, -0.2) is 24.7 Å². The van der Waals surface area contributed by atoms with Gasteiger partial charge in [0.05, 0.1) is 19.2 Å². The Hall–Kier alpha value is -2.36. The minimum Gasteiger partial charge on any atom is -0.480 e. The fourth-order valence-electron chi connectivity index (χ4n) is 3.00. The molecule has 2 aromatic rings. The van der Waals surface area contributed by atoms with Gasteiger partial charge in [-0.05, 0) is 55.0 Å². The van der Waals surface area contributed by atoms with Crippen molar-refractivity contribution < 1.29 is 14.3 Å². The summed E-state index contributed by atoms with van der Waals surface area (Å²) in [7, 11) is 1.52. The van der Waals surface area contributed by atoms with Crippen molar-refractivity contribution in [2.45, 2.75) is 32.1 Å². The van der Waals surface area contributed by atoms with Crippen LogP contribution < -0.4 is 4.74 Å². The number of methoxy groups -OCH3 is 1. The molecule has 0 N–H and O–H groups in total. The highest BCUT2D eigenvalue weighted by molar-refractivity contribution is 5.97. The first-order chi connectivity index (χ1) is 11.2. The molecule has 3 rings (SSSR count). The molecule has 0 spiro atoms. The van der Waals surface area contributed by atoms with Crippen molar-refractivity contribution in [3.05, 3.63) is 41.5 Å². The Balaban J connectivity index is 2.15. The van der Waals surface area contributed by atoms with Gasteiger partial charge in [0.2, 0.25) is 5.88 Å². The molecule has 0 aliphatic heterocycles. The summed E-state index contributed by atoms with van der Waals surface area (Å²) in [4.78, 5) is 16.6. The van der Waals surface area contributed by atoms with Crippen LogP contribution in [0.15, 0.2) is 24.8 Å². The monoisotopic (exact) mass is 311 g/mol. The Morgan fingerprint density at radius 3 is 2.74 bits per heavy atom. The standard InChI is InChI=1S/C19H21NO3/c1-4-12-9-14-10-16(19(21)23-5-2)18(22-3)20-17(14)11-15(12)13-7-6-8-13/h4,9-11,13H,1,5-8H2,2-3H3. The number of fused-ring (bicyclic) bond motifs is 1. The predicted octanol–water partition coefficient (Wildman–Crippen LogP) is 4.33. The highest BCUT2D eigenvalue weighted by Gasteiger charge is 2.23. The third kappa shape index (κ3) is 2.81. The summed E-state index contributed by atoms with van der Waals surface area (Å²) in [6.45, 7) is 6.02. The average molecular weight is 311 g/mol. The topological polar surface area (TPSA) is 48.4 Å². The maximum atomic E-state index is 12.1. The molecule has 1 saturated carbocycles. The van der Waals surface area contributed by atoms with Gasteiger partial charge in [-0.1, -0.05) is 19.1 Å². The lowest BCUT2D eigenvalue weighted by molar-refractivity contribution is 0.0522. The highest BCUT2D eigenvalue weighted by atomic mass is 16.5. The molecule has 0 amide bonds. The number of esters is 1. The first-order valence-corrected chi connectivity index (χ1v) is 8.00. The number of rotatable bonds is 5. The normalized spacial score (nSPS) is 14.3. The van der Waals surface area contributed by atoms with Crippen molar-refractivity contribution >= 4 is 22.9 Å². The molecule has 0 bridgehead atoms. The van der Waals surface area contributed by atoms with Gasteiger partial charge in [-0.3, -0.25) is 0 Å². The van der Waals surface area contributed by atoms with Gasteiger partial charge in [0, 0.05) is 5.39 Å². The molecule has 0 radical (unpaired) electrons. The van der Waals surface area contributed by atoms with Crippen molar-refractivity contribution in [1.82, 2.24) is 4.98 Å². The molecule has 0 saturated heterocycles. The first-order valence-electron chi connectivity index (χ1n) is 8.00. The van der Waals surface area contributed by atoms with E-state index in [9.17, 15) is 4.79 Å². The molecule has 1 aromatic carbocycles. The Kier molecular flexibility index (Phi) is 4.33. The lowest BCUT2D eigenvalue weighted by atomic mass is 9.78. The summed E-state index contributed by atoms with van der Waals surface area (Å²) in [5, 5.41) is 0.895. The molecule has 1 aliphatic rings. The maximum absolute atomic E-state index is 12.1. The highest BCUT2D eigenvalue weighted by Crippen LogP contribution is 2.40. The number of ether oxygens (including phenoxy) is 2. The molecule has 4 heteroatoms. The lowest BCUT2D eigenvalue weighted by Crippen LogP contribution is -2.11. The van der Waals surface area contributed by atoms with Crippen LogP contribution in [0.3, 0.4) is 0 Å². The SMILES string of the molecule is C=Cc1cc2cc(C(=O)OCC)c(OC)nc2cc1C1CCC1. The molecular formula is C19H21NO3. The fourth-order valence-corrected chi connectivity index (χ4v) is 3.00. The van der Waals surface area contributed by atoms with Gasteiger partial charge in [0.1, 0.15) is 5.56 Å². The fraction of sp³-hybridized carbons (Fsp3) is 0.368. The van der Waals surface area contributed by atoms with Crippen molar-refractivity contribution in [3.8, 4) is 5.88 Å². The zero-order valence-electron chi connectivity index (χ0n) is 13.6. The first kappa shape index (κ1) is 15.5. The number of hydrogen-bond donors (Lipinski definition) is 0. The summed E-state index contributed by atoms with van der Waals surface area (Å²) in [6, 6.07) is 5.94. The van der Waals surface area contributed by atoms with Crippen LogP contribution in [0.1, 0.15) is 53.6 Å². The second kappa shape index (κ2) is 6.41. The summed E-state index contributed by atoms with van der Waals surface area (Å²) in [5.41, 5.74) is 3.59. The smallest absolute Gasteiger partial charge is 0.343 e. The van der Waals surface area contributed by atoms with Crippen molar-refractivity contribution in [1.29, 1.82) is 0 Å². The van der Waals surface area contributed by atoms with Gasteiger partial charge in [0.15, 0.2) is 0 Å². The second-order valence-electron chi connectivity index (χ2n) is 5.77. The quantitative estimate of drug-likeness (QED) is 0.771. The third-order valence-electron chi connectivity index (χ3n) is 4.44. The van der Waals surface area contributed by atoms with Crippen LogP contribution in [0.5, 0.6) is 5.88 Å². The van der Waals surface area contributed by atoms with E-state index in [2.05, 4.69) is 17.6 Å². The molecule has 0 atom stereocenters. The van der Waals surface area contributed by atoms with Crippen LogP contribution >= 0.6 is 0 Å². The van der Waals surface area contributed by atoms with E-state index >= 15 is 0 Å².